The minimum Gasteiger partial charge on any atom is -0.372 e. The van der Waals surface area contributed by atoms with E-state index in [1.165, 1.54) is 27.9 Å². The molecule has 1 atom stereocenters. The molecule has 0 saturated carbocycles. The van der Waals surface area contributed by atoms with Gasteiger partial charge in [-0.1, -0.05) is 35.9 Å². The number of nitrogens with zero attached hydrogens (tertiary/aromatic N) is 1. The molecule has 0 bridgehead atoms. The van der Waals surface area contributed by atoms with E-state index in [1.54, 1.807) is 0 Å². The molecule has 0 amide bonds. The SMILES string of the molecule is CCN(CC)c1ccc(CC(CN)c2cc(C)ccc2C)cc1. The second kappa shape index (κ2) is 8.16. The van der Waals surface area contributed by atoms with Crippen molar-refractivity contribution < 1.29 is 0 Å². The van der Waals surface area contributed by atoms with Gasteiger partial charge < -0.3 is 10.6 Å². The van der Waals surface area contributed by atoms with Crippen LogP contribution in [0.4, 0.5) is 5.69 Å². The third-order valence-electron chi connectivity index (χ3n) is 4.71. The lowest BCUT2D eigenvalue weighted by Gasteiger charge is -2.22. The molecule has 2 N–H and O–H groups in total. The summed E-state index contributed by atoms with van der Waals surface area (Å²) >= 11 is 0. The van der Waals surface area contributed by atoms with Gasteiger partial charge in [-0.3, -0.25) is 0 Å². The van der Waals surface area contributed by atoms with Gasteiger partial charge in [0.05, 0.1) is 0 Å². The summed E-state index contributed by atoms with van der Waals surface area (Å²) in [5.74, 6) is 0.384. The number of rotatable bonds is 7. The van der Waals surface area contributed by atoms with Gasteiger partial charge in [0.25, 0.3) is 0 Å². The Kier molecular flexibility index (Phi) is 6.23. The molecule has 2 heteroatoms. The Balaban J connectivity index is 2.17. The molecule has 1 unspecified atom stereocenters. The molecule has 0 saturated heterocycles. The summed E-state index contributed by atoms with van der Waals surface area (Å²) in [4.78, 5) is 2.37. The van der Waals surface area contributed by atoms with Crippen LogP contribution in [0.5, 0.6) is 0 Å². The van der Waals surface area contributed by atoms with Crippen molar-refractivity contribution in [2.24, 2.45) is 5.73 Å². The van der Waals surface area contributed by atoms with E-state index in [2.05, 4.69) is 75.1 Å². The van der Waals surface area contributed by atoms with Crippen LogP contribution in [0.1, 0.15) is 42.0 Å². The predicted molar refractivity (Wildman–Crippen MR) is 101 cm³/mol. The third kappa shape index (κ3) is 4.35. The van der Waals surface area contributed by atoms with Crippen molar-refractivity contribution in [3.8, 4) is 0 Å². The number of hydrogen-bond donors (Lipinski definition) is 1. The van der Waals surface area contributed by atoms with Crippen molar-refractivity contribution in [1.82, 2.24) is 0 Å². The first-order valence-electron chi connectivity index (χ1n) is 8.70. The van der Waals surface area contributed by atoms with E-state index in [0.717, 1.165) is 19.5 Å². The summed E-state index contributed by atoms with van der Waals surface area (Å²) in [6.45, 7) is 11.5. The first kappa shape index (κ1) is 17.6. The van der Waals surface area contributed by atoms with E-state index >= 15 is 0 Å². The van der Waals surface area contributed by atoms with E-state index in [4.69, 9.17) is 5.73 Å². The van der Waals surface area contributed by atoms with E-state index in [9.17, 15) is 0 Å². The number of nitrogens with two attached hydrogens (primary N) is 1. The highest BCUT2D eigenvalue weighted by Gasteiger charge is 2.13. The van der Waals surface area contributed by atoms with Gasteiger partial charge in [0.15, 0.2) is 0 Å². The molecule has 0 radical (unpaired) electrons. The van der Waals surface area contributed by atoms with Crippen LogP contribution in [0.15, 0.2) is 42.5 Å². The van der Waals surface area contributed by atoms with Crippen LogP contribution in [-0.4, -0.2) is 19.6 Å². The smallest absolute Gasteiger partial charge is 0.0366 e. The van der Waals surface area contributed by atoms with E-state index in [-0.39, 0.29) is 0 Å². The summed E-state index contributed by atoms with van der Waals surface area (Å²) in [6.07, 6.45) is 0.999. The molecule has 0 spiro atoms. The highest BCUT2D eigenvalue weighted by atomic mass is 15.1. The average molecular weight is 310 g/mol. The molecule has 0 fully saturated rings. The molecule has 0 aliphatic heterocycles. The maximum atomic E-state index is 6.08. The van der Waals surface area contributed by atoms with E-state index in [0.29, 0.717) is 12.5 Å². The van der Waals surface area contributed by atoms with Crippen LogP contribution in [-0.2, 0) is 6.42 Å². The fourth-order valence-electron chi connectivity index (χ4n) is 3.24. The van der Waals surface area contributed by atoms with Gasteiger partial charge in [-0.05, 0) is 69.5 Å². The second-order valence-electron chi connectivity index (χ2n) is 6.34. The predicted octanol–water partition coefficient (Wildman–Crippen LogP) is 4.43. The van der Waals surface area contributed by atoms with Crippen LogP contribution < -0.4 is 10.6 Å². The lowest BCUT2D eigenvalue weighted by molar-refractivity contribution is 0.689. The normalized spacial score (nSPS) is 12.2. The minimum absolute atomic E-state index is 0.384. The molecule has 2 aromatic carbocycles. The molecular formula is C21H30N2. The maximum absolute atomic E-state index is 6.08. The van der Waals surface area contributed by atoms with Crippen molar-refractivity contribution in [2.75, 3.05) is 24.5 Å². The van der Waals surface area contributed by atoms with E-state index < -0.39 is 0 Å². The molecule has 0 aliphatic carbocycles. The molecule has 0 heterocycles. The summed E-state index contributed by atoms with van der Waals surface area (Å²) in [6, 6.07) is 15.6. The zero-order chi connectivity index (χ0) is 16.8. The molecule has 23 heavy (non-hydrogen) atoms. The van der Waals surface area contributed by atoms with Gasteiger partial charge >= 0.3 is 0 Å². The average Bonchev–Trinajstić information content (AvgIpc) is 2.57. The Bertz CT molecular complexity index is 612. The van der Waals surface area contributed by atoms with Crippen LogP contribution in [0.25, 0.3) is 0 Å². The van der Waals surface area contributed by atoms with Crippen molar-refractivity contribution in [2.45, 2.75) is 40.0 Å². The number of anilines is 1. The fourth-order valence-corrected chi connectivity index (χ4v) is 3.24. The van der Waals surface area contributed by atoms with Crippen molar-refractivity contribution in [3.05, 3.63) is 64.7 Å². The molecule has 2 aromatic rings. The highest BCUT2D eigenvalue weighted by molar-refractivity contribution is 5.47. The zero-order valence-electron chi connectivity index (χ0n) is 15.0. The topological polar surface area (TPSA) is 29.3 Å². The fraction of sp³-hybridized carbons (Fsp3) is 0.429. The van der Waals surface area contributed by atoms with Crippen LogP contribution in [0.3, 0.4) is 0 Å². The molecule has 2 nitrogen and oxygen atoms in total. The Hall–Kier alpha value is -1.80. The molecular weight excluding hydrogens is 280 g/mol. The molecule has 2 rings (SSSR count). The summed E-state index contributed by atoms with van der Waals surface area (Å²) in [5.41, 5.74) is 12.8. The van der Waals surface area contributed by atoms with Gasteiger partial charge in [-0.15, -0.1) is 0 Å². The van der Waals surface area contributed by atoms with Crippen molar-refractivity contribution >= 4 is 5.69 Å². The Morgan fingerprint density at radius 3 is 2.17 bits per heavy atom. The molecule has 0 aromatic heterocycles. The maximum Gasteiger partial charge on any atom is 0.0366 e. The number of benzene rings is 2. The molecule has 0 aliphatic rings. The zero-order valence-corrected chi connectivity index (χ0v) is 15.0. The molecule has 124 valence electrons. The van der Waals surface area contributed by atoms with Crippen LogP contribution in [0, 0.1) is 13.8 Å². The Morgan fingerprint density at radius 1 is 0.957 bits per heavy atom. The van der Waals surface area contributed by atoms with Gasteiger partial charge in [-0.25, -0.2) is 0 Å². The quantitative estimate of drug-likeness (QED) is 0.819. The summed E-state index contributed by atoms with van der Waals surface area (Å²) in [7, 11) is 0. The summed E-state index contributed by atoms with van der Waals surface area (Å²) < 4.78 is 0. The van der Waals surface area contributed by atoms with E-state index in [1.807, 2.05) is 0 Å². The number of hydrogen-bond acceptors (Lipinski definition) is 2. The van der Waals surface area contributed by atoms with Gasteiger partial charge in [0, 0.05) is 24.7 Å². The number of aryl methyl sites for hydroxylation is 2. The highest BCUT2D eigenvalue weighted by Crippen LogP contribution is 2.25. The largest absolute Gasteiger partial charge is 0.372 e. The van der Waals surface area contributed by atoms with Gasteiger partial charge in [0.2, 0.25) is 0 Å². The lowest BCUT2D eigenvalue weighted by Crippen LogP contribution is -2.21. The van der Waals surface area contributed by atoms with Gasteiger partial charge in [0.1, 0.15) is 0 Å². The standard InChI is InChI=1S/C21H30N2/c1-5-23(6-2)20-11-9-18(10-12-20)14-19(15-22)21-13-16(3)7-8-17(21)4/h7-13,19H,5-6,14-15,22H2,1-4H3. The second-order valence-corrected chi connectivity index (χ2v) is 6.34. The third-order valence-corrected chi connectivity index (χ3v) is 4.71. The van der Waals surface area contributed by atoms with Crippen LogP contribution >= 0.6 is 0 Å². The van der Waals surface area contributed by atoms with Crippen LogP contribution in [0.2, 0.25) is 0 Å². The Labute approximate surface area is 141 Å². The minimum atomic E-state index is 0.384. The monoisotopic (exact) mass is 310 g/mol. The van der Waals surface area contributed by atoms with Crippen molar-refractivity contribution in [3.63, 3.8) is 0 Å². The van der Waals surface area contributed by atoms with Gasteiger partial charge in [-0.2, -0.15) is 0 Å². The van der Waals surface area contributed by atoms with Crippen molar-refractivity contribution in [1.29, 1.82) is 0 Å². The lowest BCUT2D eigenvalue weighted by atomic mass is 9.88. The first-order valence-corrected chi connectivity index (χ1v) is 8.70. The summed E-state index contributed by atoms with van der Waals surface area (Å²) in [5, 5.41) is 0. The Morgan fingerprint density at radius 2 is 1.61 bits per heavy atom. The first-order chi connectivity index (χ1) is 11.1.